The van der Waals surface area contributed by atoms with Crippen LogP contribution in [0.25, 0.3) is 32.6 Å². The second-order valence-corrected chi connectivity index (χ2v) is 5.09. The number of rotatable bonds is 1. The number of fused-ring (bicyclic) bond motifs is 5. The van der Waals surface area contributed by atoms with Crippen LogP contribution in [0.3, 0.4) is 0 Å². The molecule has 2 nitrogen and oxygen atoms in total. The zero-order valence-corrected chi connectivity index (χ0v) is 15.1. The van der Waals surface area contributed by atoms with Crippen LogP contribution in [0, 0.1) is 13.8 Å². The van der Waals surface area contributed by atoms with Crippen LogP contribution in [0.2, 0.25) is 0 Å². The molecule has 2 aromatic carbocycles. The molecule has 0 N–H and O–H groups in total. The maximum Gasteiger partial charge on any atom is 2.00 e. The topological polar surface area (TPSA) is 25.8 Å². The first-order valence-corrected chi connectivity index (χ1v) is 7.45. The van der Waals surface area contributed by atoms with E-state index in [9.17, 15) is 0 Å². The smallest absolute Gasteiger partial charge is 0.346 e. The van der Waals surface area contributed by atoms with Crippen molar-refractivity contribution in [2.75, 3.05) is 0 Å². The molecule has 0 amide bonds. The minimum atomic E-state index is 0. The van der Waals surface area contributed by atoms with E-state index in [1.165, 1.54) is 5.39 Å². The van der Waals surface area contributed by atoms with Gasteiger partial charge in [-0.05, 0) is 17.5 Å². The summed E-state index contributed by atoms with van der Waals surface area (Å²) in [6.07, 6.45) is 5.59. The molecule has 0 saturated heterocycles. The van der Waals surface area contributed by atoms with Crippen LogP contribution in [-0.2, 0) is 21.1 Å². The standard InChI is InChI=1S/C16H10N2.C4H8.Pt/c1-3-12-7-5-11-6-8-13-4-2-10-18-16(13)14(11)15(12)17-9-1;1-3-4-2;/h1-10H;1-4H2;/q;-2;+2. The second-order valence-electron chi connectivity index (χ2n) is 5.09. The Balaban J connectivity index is 0.000000349. The minimum Gasteiger partial charge on any atom is -0.346 e. The van der Waals surface area contributed by atoms with Gasteiger partial charge < -0.3 is 13.8 Å². The van der Waals surface area contributed by atoms with Gasteiger partial charge in [-0.1, -0.05) is 36.4 Å². The Morgan fingerprint density at radius 3 is 1.52 bits per heavy atom. The van der Waals surface area contributed by atoms with E-state index in [4.69, 9.17) is 0 Å². The fourth-order valence-corrected chi connectivity index (χ4v) is 2.49. The summed E-state index contributed by atoms with van der Waals surface area (Å²) in [6, 6.07) is 16.6. The normalized spacial score (nSPS) is 10.2. The van der Waals surface area contributed by atoms with Crippen LogP contribution in [0.15, 0.2) is 60.9 Å². The van der Waals surface area contributed by atoms with Crippen LogP contribution in [0.4, 0.5) is 0 Å². The quantitative estimate of drug-likeness (QED) is 0.270. The average molecular weight is 481 g/mol. The van der Waals surface area contributed by atoms with Gasteiger partial charge in [0.1, 0.15) is 0 Å². The minimum absolute atomic E-state index is 0. The van der Waals surface area contributed by atoms with E-state index in [1.807, 2.05) is 24.5 Å². The molecule has 118 valence electrons. The number of unbranched alkanes of at least 4 members (excludes halogenated alkanes) is 1. The van der Waals surface area contributed by atoms with Crippen molar-refractivity contribution in [2.45, 2.75) is 12.8 Å². The first-order valence-electron chi connectivity index (χ1n) is 7.45. The third-order valence-electron chi connectivity index (χ3n) is 3.58. The number of hydrogen-bond donors (Lipinski definition) is 0. The summed E-state index contributed by atoms with van der Waals surface area (Å²) in [5.74, 6) is 0. The van der Waals surface area contributed by atoms with Crippen LogP contribution >= 0.6 is 0 Å². The van der Waals surface area contributed by atoms with Gasteiger partial charge in [-0.15, -0.1) is 0 Å². The van der Waals surface area contributed by atoms with Crippen molar-refractivity contribution in [3.05, 3.63) is 74.8 Å². The third kappa shape index (κ3) is 3.59. The molecule has 0 atom stereocenters. The van der Waals surface area contributed by atoms with E-state index < -0.39 is 0 Å². The molecule has 2 heterocycles. The first-order chi connectivity index (χ1) is 10.8. The zero-order valence-electron chi connectivity index (χ0n) is 12.8. The summed E-state index contributed by atoms with van der Waals surface area (Å²) in [6.45, 7) is 7.08. The maximum absolute atomic E-state index is 4.52. The van der Waals surface area contributed by atoms with Crippen LogP contribution < -0.4 is 0 Å². The van der Waals surface area contributed by atoms with E-state index in [1.54, 1.807) is 0 Å². The molecule has 4 aromatic rings. The van der Waals surface area contributed by atoms with Crippen molar-refractivity contribution in [3.63, 3.8) is 0 Å². The molecule has 0 aliphatic carbocycles. The SMILES string of the molecule is [CH2-]CC[CH2-].[Pt+2].c1cnc2c(c1)ccc1ccc3cccnc3c12. The van der Waals surface area contributed by atoms with Crippen molar-refractivity contribution in [3.8, 4) is 0 Å². The molecule has 0 aliphatic heterocycles. The zero-order chi connectivity index (χ0) is 15.4. The second kappa shape index (κ2) is 8.17. The van der Waals surface area contributed by atoms with E-state index in [0.29, 0.717) is 0 Å². The number of benzene rings is 2. The molecule has 23 heavy (non-hydrogen) atoms. The molecule has 0 unspecified atom stereocenters. The van der Waals surface area contributed by atoms with Gasteiger partial charge in [0.15, 0.2) is 0 Å². The fourth-order valence-electron chi connectivity index (χ4n) is 2.49. The number of pyridine rings is 2. The van der Waals surface area contributed by atoms with Crippen molar-refractivity contribution >= 4 is 32.6 Å². The van der Waals surface area contributed by atoms with Gasteiger partial charge in [0.25, 0.3) is 0 Å². The van der Waals surface area contributed by atoms with Gasteiger partial charge in [0.05, 0.1) is 11.0 Å². The molecule has 3 heteroatoms. The first kappa shape index (κ1) is 17.6. The van der Waals surface area contributed by atoms with Gasteiger partial charge in [0.2, 0.25) is 0 Å². The van der Waals surface area contributed by atoms with Crippen LogP contribution in [-0.4, -0.2) is 9.97 Å². The Labute approximate surface area is 151 Å². The van der Waals surface area contributed by atoms with Crippen molar-refractivity contribution in [1.29, 1.82) is 0 Å². The molecular formula is C20H18N2Pt. The number of hydrogen-bond acceptors (Lipinski definition) is 2. The van der Waals surface area contributed by atoms with Crippen molar-refractivity contribution in [1.82, 2.24) is 9.97 Å². The molecule has 4 rings (SSSR count). The van der Waals surface area contributed by atoms with Crippen molar-refractivity contribution in [2.24, 2.45) is 0 Å². The van der Waals surface area contributed by atoms with Crippen molar-refractivity contribution < 1.29 is 21.1 Å². The van der Waals surface area contributed by atoms with Crippen LogP contribution in [0.1, 0.15) is 12.8 Å². The van der Waals surface area contributed by atoms with E-state index in [2.05, 4.69) is 60.2 Å². The predicted molar refractivity (Wildman–Crippen MR) is 94.5 cm³/mol. The summed E-state index contributed by atoms with van der Waals surface area (Å²) in [5.41, 5.74) is 2.05. The Hall–Kier alpha value is -1.79. The molecule has 0 bridgehead atoms. The number of aromatic nitrogens is 2. The molecule has 0 aliphatic rings. The molecule has 0 radical (unpaired) electrons. The largest absolute Gasteiger partial charge is 2.00 e. The van der Waals surface area contributed by atoms with Gasteiger partial charge in [-0.3, -0.25) is 9.97 Å². The summed E-state index contributed by atoms with van der Waals surface area (Å²) in [7, 11) is 0. The van der Waals surface area contributed by atoms with E-state index in [0.717, 1.165) is 40.0 Å². The maximum atomic E-state index is 4.52. The molecule has 2 aromatic heterocycles. The van der Waals surface area contributed by atoms with Gasteiger partial charge in [-0.25, -0.2) is 12.8 Å². The van der Waals surface area contributed by atoms with Gasteiger partial charge >= 0.3 is 21.1 Å². The summed E-state index contributed by atoms with van der Waals surface area (Å²) < 4.78 is 0. The number of nitrogens with zero attached hydrogens (tertiary/aromatic N) is 2. The van der Waals surface area contributed by atoms with Gasteiger partial charge in [-0.2, -0.15) is 0 Å². The predicted octanol–water partition coefficient (Wildman–Crippen LogP) is 5.37. The Bertz CT molecular complexity index is 846. The van der Waals surface area contributed by atoms with Gasteiger partial charge in [0, 0.05) is 28.6 Å². The van der Waals surface area contributed by atoms with E-state index in [-0.39, 0.29) is 21.1 Å². The molecule has 0 saturated carbocycles. The summed E-state index contributed by atoms with van der Waals surface area (Å²) in [5, 5.41) is 4.64. The fraction of sp³-hybridized carbons (Fsp3) is 0.100. The van der Waals surface area contributed by atoms with Crippen LogP contribution in [0.5, 0.6) is 0 Å². The molecular weight excluding hydrogens is 463 g/mol. The monoisotopic (exact) mass is 481 g/mol. The average Bonchev–Trinajstić information content (AvgIpc) is 2.61. The molecule has 0 fully saturated rings. The Morgan fingerprint density at radius 1 is 0.652 bits per heavy atom. The summed E-state index contributed by atoms with van der Waals surface area (Å²) >= 11 is 0. The third-order valence-corrected chi connectivity index (χ3v) is 3.58. The summed E-state index contributed by atoms with van der Waals surface area (Å²) in [4.78, 5) is 9.04. The van der Waals surface area contributed by atoms with E-state index >= 15 is 0 Å². The molecule has 0 spiro atoms. The Morgan fingerprint density at radius 2 is 1.09 bits per heavy atom. The Kier molecular flexibility index (Phi) is 6.24.